The average Bonchev–Trinajstić information content (AvgIpc) is 2.73. The van der Waals surface area contributed by atoms with Crippen LogP contribution in [0.5, 0.6) is 0 Å². The number of hydrogen-bond donors (Lipinski definition) is 0. The first-order valence-corrected chi connectivity index (χ1v) is 6.58. The van der Waals surface area contributed by atoms with E-state index in [1.807, 2.05) is 30.0 Å². The van der Waals surface area contributed by atoms with Crippen molar-refractivity contribution >= 4 is 22.7 Å². The highest BCUT2D eigenvalue weighted by Crippen LogP contribution is 2.20. The Labute approximate surface area is 99.9 Å². The lowest BCUT2D eigenvalue weighted by atomic mass is 10.1. The van der Waals surface area contributed by atoms with Gasteiger partial charge >= 0.3 is 0 Å². The molecule has 3 heteroatoms. The number of aromatic nitrogens is 1. The Balaban J connectivity index is 2.31. The summed E-state index contributed by atoms with van der Waals surface area (Å²) in [5.74, 6) is 2.28. The minimum absolute atomic E-state index is 0.763. The van der Waals surface area contributed by atoms with Crippen LogP contribution in [0.1, 0.15) is 12.5 Å². The second-order valence-corrected chi connectivity index (χ2v) is 4.95. The van der Waals surface area contributed by atoms with Gasteiger partial charge in [0.15, 0.2) is 0 Å². The number of fused-ring (bicyclic) bond motifs is 1. The van der Waals surface area contributed by atoms with Gasteiger partial charge in [-0.05, 0) is 24.0 Å². The lowest BCUT2D eigenvalue weighted by molar-refractivity contribution is 0.807. The highest BCUT2D eigenvalue weighted by Gasteiger charge is 2.04. The number of benzene rings is 1. The van der Waals surface area contributed by atoms with E-state index in [0.717, 1.165) is 34.5 Å². The fraction of sp³-hybridized carbons (Fsp3) is 0.308. The van der Waals surface area contributed by atoms with E-state index in [4.69, 9.17) is 5.26 Å². The summed E-state index contributed by atoms with van der Waals surface area (Å²) < 4.78 is 2.22. The van der Waals surface area contributed by atoms with Crippen LogP contribution in [-0.4, -0.2) is 16.1 Å². The molecule has 1 aromatic heterocycles. The minimum Gasteiger partial charge on any atom is -0.347 e. The van der Waals surface area contributed by atoms with Gasteiger partial charge in [0.05, 0.1) is 11.6 Å². The first-order valence-electron chi connectivity index (χ1n) is 5.42. The molecule has 0 radical (unpaired) electrons. The number of hydrogen-bond acceptors (Lipinski definition) is 2. The summed E-state index contributed by atoms with van der Waals surface area (Å²) in [5, 5.41) is 10.1. The van der Waals surface area contributed by atoms with Gasteiger partial charge in [0, 0.05) is 29.4 Å². The maximum atomic E-state index is 9.00. The number of nitriles is 1. The van der Waals surface area contributed by atoms with Crippen LogP contribution in [0.2, 0.25) is 0 Å². The van der Waals surface area contributed by atoms with E-state index < -0.39 is 0 Å². The molecule has 2 rings (SSSR count). The Kier molecular flexibility index (Phi) is 3.53. The lowest BCUT2D eigenvalue weighted by Gasteiger charge is -2.04. The smallest absolute Gasteiger partial charge is 0.0998 e. The van der Waals surface area contributed by atoms with Crippen molar-refractivity contribution in [1.82, 2.24) is 4.57 Å². The zero-order valence-electron chi connectivity index (χ0n) is 9.31. The van der Waals surface area contributed by atoms with Crippen LogP contribution in [-0.2, 0) is 6.54 Å². The van der Waals surface area contributed by atoms with Crippen molar-refractivity contribution < 1.29 is 0 Å². The molecule has 0 unspecified atom stereocenters. The molecular weight excluding hydrogens is 216 g/mol. The molecule has 0 saturated carbocycles. The molecule has 82 valence electrons. The molecule has 16 heavy (non-hydrogen) atoms. The summed E-state index contributed by atoms with van der Waals surface area (Å²) in [4.78, 5) is 0. The molecule has 0 atom stereocenters. The van der Waals surface area contributed by atoms with E-state index in [9.17, 15) is 0 Å². The van der Waals surface area contributed by atoms with Crippen LogP contribution in [0.4, 0.5) is 0 Å². The Hall–Kier alpha value is -1.40. The summed E-state index contributed by atoms with van der Waals surface area (Å²) in [6.45, 7) is 3.18. The van der Waals surface area contributed by atoms with Crippen LogP contribution in [0, 0.1) is 11.3 Å². The predicted molar refractivity (Wildman–Crippen MR) is 69.7 cm³/mol. The standard InChI is InChI=1S/C13H14N2S/c1-2-16-9-8-15-7-6-12-11(10-14)4-3-5-13(12)15/h3-7H,2,8-9H2,1H3. The monoisotopic (exact) mass is 230 g/mol. The molecule has 0 fully saturated rings. The molecule has 1 aromatic carbocycles. The molecular formula is C13H14N2S. The molecule has 2 aromatic rings. The Morgan fingerprint density at radius 2 is 2.25 bits per heavy atom. The van der Waals surface area contributed by atoms with Crippen molar-refractivity contribution in [2.75, 3.05) is 11.5 Å². The zero-order chi connectivity index (χ0) is 11.4. The summed E-state index contributed by atoms with van der Waals surface area (Å²) in [5.41, 5.74) is 1.93. The molecule has 0 N–H and O–H groups in total. The Morgan fingerprint density at radius 1 is 1.38 bits per heavy atom. The van der Waals surface area contributed by atoms with Gasteiger partial charge in [0.2, 0.25) is 0 Å². The Bertz CT molecular complexity index is 522. The van der Waals surface area contributed by atoms with Gasteiger partial charge in [0.1, 0.15) is 0 Å². The molecule has 0 aliphatic carbocycles. The fourth-order valence-electron chi connectivity index (χ4n) is 1.82. The van der Waals surface area contributed by atoms with Crippen LogP contribution >= 0.6 is 11.8 Å². The average molecular weight is 230 g/mol. The zero-order valence-corrected chi connectivity index (χ0v) is 10.1. The van der Waals surface area contributed by atoms with Gasteiger partial charge in [-0.1, -0.05) is 13.0 Å². The molecule has 0 saturated heterocycles. The topological polar surface area (TPSA) is 28.7 Å². The second-order valence-electron chi connectivity index (χ2n) is 3.56. The van der Waals surface area contributed by atoms with Crippen LogP contribution in [0.25, 0.3) is 10.9 Å². The minimum atomic E-state index is 0.763. The first kappa shape index (κ1) is 11.1. The summed E-state index contributed by atoms with van der Waals surface area (Å²) in [6.07, 6.45) is 2.07. The van der Waals surface area contributed by atoms with Gasteiger partial charge < -0.3 is 4.57 Å². The Morgan fingerprint density at radius 3 is 3.00 bits per heavy atom. The van der Waals surface area contributed by atoms with Crippen molar-refractivity contribution in [2.24, 2.45) is 0 Å². The highest BCUT2D eigenvalue weighted by atomic mass is 32.2. The molecule has 0 aliphatic heterocycles. The van der Waals surface area contributed by atoms with Crippen molar-refractivity contribution in [1.29, 1.82) is 5.26 Å². The second kappa shape index (κ2) is 5.09. The van der Waals surface area contributed by atoms with Crippen molar-refractivity contribution in [3.8, 4) is 6.07 Å². The van der Waals surface area contributed by atoms with E-state index in [-0.39, 0.29) is 0 Å². The van der Waals surface area contributed by atoms with Gasteiger partial charge in [-0.25, -0.2) is 0 Å². The first-order chi connectivity index (χ1) is 7.86. The summed E-state index contributed by atoms with van der Waals surface area (Å²) in [7, 11) is 0. The van der Waals surface area contributed by atoms with Crippen molar-refractivity contribution in [2.45, 2.75) is 13.5 Å². The number of aryl methyl sites for hydroxylation is 1. The van der Waals surface area contributed by atoms with Crippen LogP contribution in [0.3, 0.4) is 0 Å². The van der Waals surface area contributed by atoms with E-state index >= 15 is 0 Å². The van der Waals surface area contributed by atoms with E-state index in [2.05, 4.69) is 29.8 Å². The van der Waals surface area contributed by atoms with E-state index in [0.29, 0.717) is 0 Å². The van der Waals surface area contributed by atoms with E-state index in [1.165, 1.54) is 0 Å². The molecule has 2 nitrogen and oxygen atoms in total. The van der Waals surface area contributed by atoms with E-state index in [1.54, 1.807) is 0 Å². The highest BCUT2D eigenvalue weighted by molar-refractivity contribution is 7.99. The number of nitrogens with zero attached hydrogens (tertiary/aromatic N) is 2. The molecule has 0 bridgehead atoms. The van der Waals surface area contributed by atoms with Gasteiger partial charge in [-0.2, -0.15) is 17.0 Å². The third kappa shape index (κ3) is 2.07. The number of thioether (sulfide) groups is 1. The molecule has 1 heterocycles. The molecule has 0 spiro atoms. The lowest BCUT2D eigenvalue weighted by Crippen LogP contribution is -1.98. The molecule has 0 aliphatic rings. The summed E-state index contributed by atoms with van der Waals surface area (Å²) in [6, 6.07) is 10.2. The largest absolute Gasteiger partial charge is 0.347 e. The third-order valence-electron chi connectivity index (χ3n) is 2.61. The fourth-order valence-corrected chi connectivity index (χ4v) is 2.44. The van der Waals surface area contributed by atoms with Gasteiger partial charge in [0.25, 0.3) is 0 Å². The van der Waals surface area contributed by atoms with Crippen LogP contribution < -0.4 is 0 Å². The summed E-state index contributed by atoms with van der Waals surface area (Å²) >= 11 is 1.94. The SMILES string of the molecule is CCSCCn1ccc2c(C#N)cccc21. The quantitative estimate of drug-likeness (QED) is 0.754. The van der Waals surface area contributed by atoms with Gasteiger partial charge in [-0.3, -0.25) is 0 Å². The maximum Gasteiger partial charge on any atom is 0.0998 e. The predicted octanol–water partition coefficient (Wildman–Crippen LogP) is 3.27. The third-order valence-corrected chi connectivity index (χ3v) is 3.49. The molecule has 0 amide bonds. The number of rotatable bonds is 4. The van der Waals surface area contributed by atoms with Crippen molar-refractivity contribution in [3.63, 3.8) is 0 Å². The van der Waals surface area contributed by atoms with Crippen LogP contribution in [0.15, 0.2) is 30.5 Å². The normalized spacial score (nSPS) is 10.5. The van der Waals surface area contributed by atoms with Crippen molar-refractivity contribution in [3.05, 3.63) is 36.0 Å². The maximum absolute atomic E-state index is 9.00. The van der Waals surface area contributed by atoms with Gasteiger partial charge in [-0.15, -0.1) is 0 Å².